The Hall–Kier alpha value is -1.55. The maximum absolute atomic E-state index is 4.70. The second kappa shape index (κ2) is 5.61. The molecule has 100 valence electrons. The van der Waals surface area contributed by atoms with Crippen LogP contribution in [0.1, 0.15) is 23.9 Å². The lowest BCUT2D eigenvalue weighted by atomic mass is 10.1. The fourth-order valence-electron chi connectivity index (χ4n) is 2.36. The topological polar surface area (TPSA) is 28.2 Å². The summed E-state index contributed by atoms with van der Waals surface area (Å²) in [5.74, 6) is 0. The summed E-state index contributed by atoms with van der Waals surface area (Å²) in [4.78, 5) is 8.54. The van der Waals surface area contributed by atoms with Crippen molar-refractivity contribution in [2.45, 2.75) is 26.3 Å². The first-order valence-electron chi connectivity index (χ1n) is 6.89. The summed E-state index contributed by atoms with van der Waals surface area (Å²) in [5, 5.41) is 4.48. The Morgan fingerprint density at radius 2 is 2.16 bits per heavy atom. The molecule has 19 heavy (non-hydrogen) atoms. The van der Waals surface area contributed by atoms with Crippen molar-refractivity contribution in [2.24, 2.45) is 0 Å². The quantitative estimate of drug-likeness (QED) is 0.923. The van der Waals surface area contributed by atoms with Crippen molar-refractivity contribution in [2.75, 3.05) is 23.3 Å². The Balaban J connectivity index is 1.75. The molecule has 1 aromatic carbocycles. The van der Waals surface area contributed by atoms with Crippen LogP contribution >= 0.6 is 11.3 Å². The van der Waals surface area contributed by atoms with Crippen molar-refractivity contribution in [3.05, 3.63) is 40.9 Å². The van der Waals surface area contributed by atoms with E-state index in [1.165, 1.54) is 16.3 Å². The van der Waals surface area contributed by atoms with E-state index in [-0.39, 0.29) is 0 Å². The molecule has 1 N–H and O–H groups in total. The molecule has 2 heterocycles. The van der Waals surface area contributed by atoms with Crippen LogP contribution in [0.25, 0.3) is 0 Å². The zero-order chi connectivity index (χ0) is 13.1. The van der Waals surface area contributed by atoms with Gasteiger partial charge in [-0.1, -0.05) is 36.5 Å². The van der Waals surface area contributed by atoms with Crippen molar-refractivity contribution in [3.8, 4) is 0 Å². The normalized spacial score (nSPS) is 14.3. The molecule has 0 radical (unpaired) electrons. The Morgan fingerprint density at radius 3 is 2.95 bits per heavy atom. The first-order chi connectivity index (χ1) is 9.36. The Labute approximate surface area is 118 Å². The van der Waals surface area contributed by atoms with Crippen molar-refractivity contribution in [3.63, 3.8) is 0 Å². The highest BCUT2D eigenvalue weighted by atomic mass is 32.1. The predicted octanol–water partition coefficient (Wildman–Crippen LogP) is 3.53. The van der Waals surface area contributed by atoms with E-state index in [0.717, 1.165) is 37.6 Å². The smallest absolute Gasteiger partial charge is 0.183 e. The van der Waals surface area contributed by atoms with E-state index in [4.69, 9.17) is 4.98 Å². The summed E-state index contributed by atoms with van der Waals surface area (Å²) in [6, 6.07) is 10.6. The summed E-state index contributed by atoms with van der Waals surface area (Å²) < 4.78 is 0. The van der Waals surface area contributed by atoms with E-state index >= 15 is 0 Å². The van der Waals surface area contributed by atoms with E-state index in [2.05, 4.69) is 47.5 Å². The van der Waals surface area contributed by atoms with Crippen molar-refractivity contribution in [1.82, 2.24) is 4.98 Å². The lowest BCUT2D eigenvalue weighted by molar-refractivity contribution is 0.729. The molecule has 1 aromatic heterocycles. The van der Waals surface area contributed by atoms with E-state index in [1.54, 1.807) is 0 Å². The van der Waals surface area contributed by atoms with E-state index in [0.29, 0.717) is 0 Å². The summed E-state index contributed by atoms with van der Waals surface area (Å²) in [5.41, 5.74) is 2.60. The second-order valence-electron chi connectivity index (χ2n) is 4.82. The molecule has 0 saturated carbocycles. The van der Waals surface area contributed by atoms with Gasteiger partial charge in [0, 0.05) is 30.1 Å². The number of para-hydroxylation sites is 1. The van der Waals surface area contributed by atoms with Gasteiger partial charge in [-0.2, -0.15) is 0 Å². The number of aromatic nitrogens is 1. The number of benzene rings is 1. The van der Waals surface area contributed by atoms with Crippen LogP contribution in [-0.2, 0) is 13.0 Å². The Kier molecular flexibility index (Phi) is 3.69. The standard InChI is InChI=1S/C15H19N3S/c1-2-9-16-15-17-13-8-10-18(11-14(13)19-15)12-6-4-3-5-7-12/h3-7H,2,8-11H2,1H3,(H,16,17). The first kappa shape index (κ1) is 12.5. The number of rotatable bonds is 4. The van der Waals surface area contributed by atoms with Crippen molar-refractivity contribution < 1.29 is 0 Å². The minimum atomic E-state index is 0.991. The van der Waals surface area contributed by atoms with Crippen LogP contribution in [0.4, 0.5) is 10.8 Å². The largest absolute Gasteiger partial charge is 0.366 e. The molecule has 0 saturated heterocycles. The number of hydrogen-bond acceptors (Lipinski definition) is 4. The number of hydrogen-bond donors (Lipinski definition) is 1. The summed E-state index contributed by atoms with van der Waals surface area (Å²) in [7, 11) is 0. The van der Waals surface area contributed by atoms with Gasteiger partial charge < -0.3 is 10.2 Å². The van der Waals surface area contributed by atoms with Gasteiger partial charge in [0.25, 0.3) is 0 Å². The maximum Gasteiger partial charge on any atom is 0.183 e. The first-order valence-corrected chi connectivity index (χ1v) is 7.71. The SMILES string of the molecule is CCCNc1nc2c(s1)CN(c1ccccc1)CC2. The fourth-order valence-corrected chi connectivity index (χ4v) is 3.41. The Bertz CT molecular complexity index is 536. The minimum Gasteiger partial charge on any atom is -0.366 e. The molecule has 0 amide bonds. The fraction of sp³-hybridized carbons (Fsp3) is 0.400. The molecule has 0 atom stereocenters. The predicted molar refractivity (Wildman–Crippen MR) is 82.1 cm³/mol. The molecule has 1 aliphatic rings. The van der Waals surface area contributed by atoms with Crippen LogP contribution in [-0.4, -0.2) is 18.1 Å². The van der Waals surface area contributed by atoms with E-state index in [9.17, 15) is 0 Å². The highest BCUT2D eigenvalue weighted by Crippen LogP contribution is 2.30. The number of fused-ring (bicyclic) bond motifs is 1. The third-order valence-electron chi connectivity index (χ3n) is 3.38. The van der Waals surface area contributed by atoms with Crippen LogP contribution < -0.4 is 10.2 Å². The van der Waals surface area contributed by atoms with Gasteiger partial charge in [-0.3, -0.25) is 0 Å². The average molecular weight is 273 g/mol. The van der Waals surface area contributed by atoms with Gasteiger partial charge in [-0.05, 0) is 18.6 Å². The molecule has 0 spiro atoms. The van der Waals surface area contributed by atoms with Crippen LogP contribution in [0.15, 0.2) is 30.3 Å². The van der Waals surface area contributed by atoms with Gasteiger partial charge in [0.1, 0.15) is 0 Å². The monoisotopic (exact) mass is 273 g/mol. The van der Waals surface area contributed by atoms with Gasteiger partial charge in [-0.25, -0.2) is 4.98 Å². The Morgan fingerprint density at radius 1 is 1.32 bits per heavy atom. The van der Waals surface area contributed by atoms with Gasteiger partial charge in [0.2, 0.25) is 0 Å². The zero-order valence-corrected chi connectivity index (χ0v) is 12.0. The van der Waals surface area contributed by atoms with Gasteiger partial charge in [0.15, 0.2) is 5.13 Å². The summed E-state index contributed by atoms with van der Waals surface area (Å²) in [6.45, 7) is 5.24. The van der Waals surface area contributed by atoms with Gasteiger partial charge in [-0.15, -0.1) is 0 Å². The number of nitrogens with one attached hydrogen (secondary N) is 1. The third kappa shape index (κ3) is 2.73. The highest BCUT2D eigenvalue weighted by molar-refractivity contribution is 7.15. The minimum absolute atomic E-state index is 0.991. The maximum atomic E-state index is 4.70. The molecule has 2 aromatic rings. The molecule has 4 heteroatoms. The lowest BCUT2D eigenvalue weighted by Crippen LogP contribution is -2.29. The molecule has 0 aliphatic carbocycles. The van der Waals surface area contributed by atoms with Crippen LogP contribution in [0.2, 0.25) is 0 Å². The van der Waals surface area contributed by atoms with Gasteiger partial charge in [0.05, 0.1) is 12.2 Å². The van der Waals surface area contributed by atoms with Crippen LogP contribution in [0.5, 0.6) is 0 Å². The molecule has 1 aliphatic heterocycles. The number of nitrogens with zero attached hydrogens (tertiary/aromatic N) is 2. The van der Waals surface area contributed by atoms with Crippen LogP contribution in [0.3, 0.4) is 0 Å². The summed E-state index contributed by atoms with van der Waals surface area (Å²) >= 11 is 1.81. The molecular weight excluding hydrogens is 254 g/mol. The molecule has 3 nitrogen and oxygen atoms in total. The number of anilines is 2. The second-order valence-corrected chi connectivity index (χ2v) is 5.91. The summed E-state index contributed by atoms with van der Waals surface area (Å²) in [6.07, 6.45) is 2.19. The molecule has 0 fully saturated rings. The number of thiazole rings is 1. The van der Waals surface area contributed by atoms with E-state index in [1.807, 2.05) is 11.3 Å². The lowest BCUT2D eigenvalue weighted by Gasteiger charge is -2.28. The van der Waals surface area contributed by atoms with Gasteiger partial charge >= 0.3 is 0 Å². The van der Waals surface area contributed by atoms with Crippen molar-refractivity contribution in [1.29, 1.82) is 0 Å². The van der Waals surface area contributed by atoms with Crippen LogP contribution in [0, 0.1) is 0 Å². The molecular formula is C15H19N3S. The zero-order valence-electron chi connectivity index (χ0n) is 11.2. The van der Waals surface area contributed by atoms with E-state index < -0.39 is 0 Å². The highest BCUT2D eigenvalue weighted by Gasteiger charge is 2.20. The molecule has 0 bridgehead atoms. The molecule has 3 rings (SSSR count). The third-order valence-corrected chi connectivity index (χ3v) is 4.42. The molecule has 0 unspecified atom stereocenters. The van der Waals surface area contributed by atoms with Crippen molar-refractivity contribution >= 4 is 22.2 Å². The average Bonchev–Trinajstić information content (AvgIpc) is 2.87.